The summed E-state index contributed by atoms with van der Waals surface area (Å²) in [5, 5.41) is 2.65. The van der Waals surface area contributed by atoms with E-state index in [-0.39, 0.29) is 17.1 Å². The Labute approximate surface area is 172 Å². The SMILES string of the molecule is CC[C@H](C)c1ccc(NC(=O)COC(=O)CCS(=O)(=O)c2ccc(C)cc2)cc1. The molecular weight excluding hydrogens is 390 g/mol. The Bertz CT molecular complexity index is 934. The van der Waals surface area contributed by atoms with Crippen LogP contribution in [0.15, 0.2) is 53.4 Å². The number of carbonyl (C=O) groups is 2. The first-order valence-electron chi connectivity index (χ1n) is 9.56. The quantitative estimate of drug-likeness (QED) is 0.626. The van der Waals surface area contributed by atoms with Gasteiger partial charge in [0.15, 0.2) is 16.4 Å². The van der Waals surface area contributed by atoms with Gasteiger partial charge in [0, 0.05) is 5.69 Å². The van der Waals surface area contributed by atoms with Crippen molar-refractivity contribution in [2.75, 3.05) is 17.7 Å². The highest BCUT2D eigenvalue weighted by Gasteiger charge is 2.17. The van der Waals surface area contributed by atoms with Gasteiger partial charge in [-0.05, 0) is 49.1 Å². The minimum absolute atomic E-state index is 0.162. The van der Waals surface area contributed by atoms with Crippen molar-refractivity contribution in [3.63, 3.8) is 0 Å². The van der Waals surface area contributed by atoms with Crippen molar-refractivity contribution in [2.45, 2.75) is 44.4 Å². The third kappa shape index (κ3) is 7.02. The summed E-state index contributed by atoms with van der Waals surface area (Å²) in [6, 6.07) is 13.9. The molecule has 0 radical (unpaired) electrons. The smallest absolute Gasteiger partial charge is 0.307 e. The van der Waals surface area contributed by atoms with Gasteiger partial charge < -0.3 is 10.1 Å². The molecule has 0 fully saturated rings. The number of hydrogen-bond donors (Lipinski definition) is 1. The Morgan fingerprint density at radius 3 is 2.24 bits per heavy atom. The van der Waals surface area contributed by atoms with Crippen LogP contribution in [0.25, 0.3) is 0 Å². The minimum atomic E-state index is -3.57. The molecule has 0 aromatic heterocycles. The monoisotopic (exact) mass is 417 g/mol. The van der Waals surface area contributed by atoms with E-state index in [9.17, 15) is 18.0 Å². The fourth-order valence-electron chi connectivity index (χ4n) is 2.63. The van der Waals surface area contributed by atoms with Crippen LogP contribution in [0.2, 0.25) is 0 Å². The van der Waals surface area contributed by atoms with Gasteiger partial charge in [-0.25, -0.2) is 8.42 Å². The number of amides is 1. The van der Waals surface area contributed by atoms with Crippen molar-refractivity contribution in [1.82, 2.24) is 0 Å². The maximum atomic E-state index is 12.2. The largest absolute Gasteiger partial charge is 0.456 e. The molecule has 1 amide bonds. The van der Waals surface area contributed by atoms with E-state index in [2.05, 4.69) is 19.2 Å². The van der Waals surface area contributed by atoms with E-state index in [1.807, 2.05) is 19.1 Å². The third-order valence-electron chi connectivity index (χ3n) is 4.70. The van der Waals surface area contributed by atoms with Gasteiger partial charge in [0.25, 0.3) is 5.91 Å². The van der Waals surface area contributed by atoms with E-state index in [0.717, 1.165) is 12.0 Å². The molecule has 1 N–H and O–H groups in total. The van der Waals surface area contributed by atoms with E-state index < -0.39 is 28.3 Å². The molecule has 0 aliphatic carbocycles. The van der Waals surface area contributed by atoms with Crippen molar-refractivity contribution in [3.8, 4) is 0 Å². The summed E-state index contributed by atoms with van der Waals surface area (Å²) >= 11 is 0. The summed E-state index contributed by atoms with van der Waals surface area (Å²) in [4.78, 5) is 23.9. The average Bonchev–Trinajstić information content (AvgIpc) is 2.71. The zero-order valence-corrected chi connectivity index (χ0v) is 17.8. The fourth-order valence-corrected chi connectivity index (χ4v) is 3.85. The summed E-state index contributed by atoms with van der Waals surface area (Å²) in [6.45, 7) is 5.64. The maximum Gasteiger partial charge on any atom is 0.307 e. The number of anilines is 1. The molecule has 2 aromatic rings. The Morgan fingerprint density at radius 2 is 1.66 bits per heavy atom. The lowest BCUT2D eigenvalue weighted by Gasteiger charge is -2.11. The van der Waals surface area contributed by atoms with Crippen LogP contribution in [0.3, 0.4) is 0 Å². The Kier molecular flexibility index (Phi) is 7.96. The van der Waals surface area contributed by atoms with E-state index in [1.165, 1.54) is 17.7 Å². The van der Waals surface area contributed by atoms with Crippen molar-refractivity contribution in [1.29, 1.82) is 0 Å². The molecule has 0 unspecified atom stereocenters. The van der Waals surface area contributed by atoms with E-state index in [0.29, 0.717) is 11.6 Å². The van der Waals surface area contributed by atoms with Gasteiger partial charge in [-0.1, -0.05) is 43.7 Å². The van der Waals surface area contributed by atoms with Crippen molar-refractivity contribution in [2.24, 2.45) is 0 Å². The predicted molar refractivity (Wildman–Crippen MR) is 113 cm³/mol. The second-order valence-electron chi connectivity index (χ2n) is 7.02. The number of aryl methyl sites for hydroxylation is 1. The van der Waals surface area contributed by atoms with Gasteiger partial charge in [0.2, 0.25) is 0 Å². The highest BCUT2D eigenvalue weighted by atomic mass is 32.2. The lowest BCUT2D eigenvalue weighted by atomic mass is 9.99. The summed E-state index contributed by atoms with van der Waals surface area (Å²) in [5.74, 6) is -1.14. The molecule has 0 spiro atoms. The maximum absolute atomic E-state index is 12.2. The molecule has 156 valence electrons. The van der Waals surface area contributed by atoms with Gasteiger partial charge in [-0.15, -0.1) is 0 Å². The van der Waals surface area contributed by atoms with Crippen LogP contribution in [0.4, 0.5) is 5.69 Å². The lowest BCUT2D eigenvalue weighted by Crippen LogP contribution is -2.22. The molecule has 0 heterocycles. The average molecular weight is 418 g/mol. The number of benzene rings is 2. The molecule has 0 aliphatic rings. The second kappa shape index (κ2) is 10.2. The summed E-state index contributed by atoms with van der Waals surface area (Å²) in [6.07, 6.45) is 0.717. The molecule has 7 heteroatoms. The van der Waals surface area contributed by atoms with Crippen molar-refractivity contribution in [3.05, 3.63) is 59.7 Å². The Morgan fingerprint density at radius 1 is 1.03 bits per heavy atom. The number of nitrogens with one attached hydrogen (secondary N) is 1. The van der Waals surface area contributed by atoms with Crippen LogP contribution >= 0.6 is 0 Å². The molecule has 2 rings (SSSR count). The lowest BCUT2D eigenvalue weighted by molar-refractivity contribution is -0.146. The van der Waals surface area contributed by atoms with Gasteiger partial charge >= 0.3 is 5.97 Å². The summed E-state index contributed by atoms with van der Waals surface area (Å²) in [7, 11) is -3.57. The van der Waals surface area contributed by atoms with Crippen LogP contribution in [0.1, 0.15) is 43.7 Å². The van der Waals surface area contributed by atoms with Crippen LogP contribution < -0.4 is 5.32 Å². The molecule has 29 heavy (non-hydrogen) atoms. The molecule has 0 saturated carbocycles. The number of sulfone groups is 1. The van der Waals surface area contributed by atoms with Gasteiger partial charge in [-0.2, -0.15) is 0 Å². The Balaban J connectivity index is 1.78. The highest BCUT2D eigenvalue weighted by Crippen LogP contribution is 2.20. The predicted octanol–water partition coefficient (Wildman–Crippen LogP) is 3.85. The minimum Gasteiger partial charge on any atom is -0.456 e. The first kappa shape index (κ1) is 22.6. The number of rotatable bonds is 9. The second-order valence-corrected chi connectivity index (χ2v) is 9.13. The zero-order chi connectivity index (χ0) is 21.4. The van der Waals surface area contributed by atoms with E-state index in [4.69, 9.17) is 4.74 Å². The molecule has 0 saturated heterocycles. The van der Waals surface area contributed by atoms with Crippen LogP contribution in [-0.2, 0) is 24.2 Å². The molecule has 6 nitrogen and oxygen atoms in total. The number of carbonyl (C=O) groups excluding carboxylic acids is 2. The first-order valence-corrected chi connectivity index (χ1v) is 11.2. The molecular formula is C22H27NO5S. The highest BCUT2D eigenvalue weighted by molar-refractivity contribution is 7.91. The van der Waals surface area contributed by atoms with Gasteiger partial charge in [-0.3, -0.25) is 9.59 Å². The van der Waals surface area contributed by atoms with Gasteiger partial charge in [0.05, 0.1) is 17.1 Å². The zero-order valence-electron chi connectivity index (χ0n) is 17.0. The first-order chi connectivity index (χ1) is 13.7. The van der Waals surface area contributed by atoms with Gasteiger partial charge in [0.1, 0.15) is 0 Å². The van der Waals surface area contributed by atoms with E-state index >= 15 is 0 Å². The van der Waals surface area contributed by atoms with Crippen LogP contribution in [0.5, 0.6) is 0 Å². The molecule has 0 bridgehead atoms. The number of ether oxygens (including phenoxy) is 1. The summed E-state index contributed by atoms with van der Waals surface area (Å²) in [5.41, 5.74) is 2.75. The molecule has 1 atom stereocenters. The van der Waals surface area contributed by atoms with Crippen LogP contribution in [0, 0.1) is 6.92 Å². The van der Waals surface area contributed by atoms with Crippen molar-refractivity contribution >= 4 is 27.4 Å². The summed E-state index contributed by atoms with van der Waals surface area (Å²) < 4.78 is 29.4. The third-order valence-corrected chi connectivity index (χ3v) is 6.43. The van der Waals surface area contributed by atoms with Crippen molar-refractivity contribution < 1.29 is 22.7 Å². The topological polar surface area (TPSA) is 89.5 Å². The standard InChI is InChI=1S/C22H27NO5S/c1-4-17(3)18-7-9-19(10-8-18)23-21(24)15-28-22(25)13-14-29(26,27)20-11-5-16(2)6-12-20/h5-12,17H,4,13-15H2,1-3H3,(H,23,24)/t17-/m0/s1. The van der Waals surface area contributed by atoms with Crippen LogP contribution in [-0.4, -0.2) is 32.7 Å². The Hall–Kier alpha value is -2.67. The molecule has 0 aliphatic heterocycles. The number of hydrogen-bond acceptors (Lipinski definition) is 5. The molecule has 2 aromatic carbocycles. The number of esters is 1. The van der Waals surface area contributed by atoms with E-state index in [1.54, 1.807) is 24.3 Å². The normalized spacial score (nSPS) is 12.2. The fraction of sp³-hybridized carbons (Fsp3) is 0.364.